The van der Waals surface area contributed by atoms with Crippen LogP contribution in [0.15, 0.2) is 22.1 Å². The van der Waals surface area contributed by atoms with Crippen molar-refractivity contribution in [3.8, 4) is 17.3 Å². The predicted octanol–water partition coefficient (Wildman–Crippen LogP) is 3.33. The maximum Gasteiger partial charge on any atom is 0.422 e. The van der Waals surface area contributed by atoms with Gasteiger partial charge in [-0.05, 0) is 18.4 Å². The lowest BCUT2D eigenvalue weighted by molar-refractivity contribution is -0.142. The molecule has 4 nitrogen and oxygen atoms in total. The fourth-order valence-electron chi connectivity index (χ4n) is 1.84. The maximum absolute atomic E-state index is 13.6. The summed E-state index contributed by atoms with van der Waals surface area (Å²) in [7, 11) is 0. The number of nitrogens with zero attached hydrogens (tertiary/aromatic N) is 2. The molecule has 0 aliphatic heterocycles. The molecule has 23 heavy (non-hydrogen) atoms. The number of alkyl halides is 3. The number of H-pyrrole nitrogens is 1. The molecule has 0 aliphatic carbocycles. The van der Waals surface area contributed by atoms with Crippen LogP contribution in [0.3, 0.4) is 0 Å². The summed E-state index contributed by atoms with van der Waals surface area (Å²) in [6.07, 6.45) is -3.67. The minimum atomic E-state index is -5.21. The van der Waals surface area contributed by atoms with Crippen LogP contribution in [0.25, 0.3) is 11.3 Å². The van der Waals surface area contributed by atoms with Crippen molar-refractivity contribution >= 4 is 11.8 Å². The van der Waals surface area contributed by atoms with Gasteiger partial charge in [-0.3, -0.25) is 4.79 Å². The Hall–Kier alpha value is -2.41. The Kier molecular flexibility index (Phi) is 4.42. The van der Waals surface area contributed by atoms with Crippen molar-refractivity contribution in [2.45, 2.75) is 11.3 Å². The molecule has 0 unspecified atom stereocenters. The van der Waals surface area contributed by atoms with Gasteiger partial charge in [0.25, 0.3) is 5.56 Å². The number of aromatic amines is 1. The number of nitrogens with one attached hydrogen (secondary N) is 1. The highest BCUT2D eigenvalue weighted by molar-refractivity contribution is 7.98. The minimum Gasteiger partial charge on any atom is -0.300 e. The Balaban J connectivity index is 2.77. The first-order chi connectivity index (χ1) is 10.7. The van der Waals surface area contributed by atoms with Crippen molar-refractivity contribution in [2.75, 3.05) is 6.26 Å². The highest BCUT2D eigenvalue weighted by Gasteiger charge is 2.38. The normalized spacial score (nSPS) is 11.3. The minimum absolute atomic E-state index is 0.0460. The van der Waals surface area contributed by atoms with Crippen LogP contribution < -0.4 is 5.56 Å². The molecule has 0 atom stereocenters. The number of thioether (sulfide) groups is 1. The Morgan fingerprint density at radius 2 is 1.83 bits per heavy atom. The third-order valence-corrected chi connectivity index (χ3v) is 3.38. The third kappa shape index (κ3) is 3.19. The van der Waals surface area contributed by atoms with Gasteiger partial charge in [0.05, 0.1) is 5.69 Å². The van der Waals surface area contributed by atoms with Gasteiger partial charge in [0.1, 0.15) is 28.8 Å². The third-order valence-electron chi connectivity index (χ3n) is 2.80. The second-order valence-corrected chi connectivity index (χ2v) is 5.02. The van der Waals surface area contributed by atoms with E-state index in [0.29, 0.717) is 12.1 Å². The van der Waals surface area contributed by atoms with Crippen LogP contribution in [0.1, 0.15) is 11.1 Å². The molecule has 2 aromatic rings. The summed E-state index contributed by atoms with van der Waals surface area (Å²) in [5.41, 5.74) is -4.29. The Bertz CT molecular complexity index is 846. The summed E-state index contributed by atoms with van der Waals surface area (Å²) < 4.78 is 65.0. The average molecular weight is 347 g/mol. The summed E-state index contributed by atoms with van der Waals surface area (Å²) in [6, 6.07) is 2.29. The van der Waals surface area contributed by atoms with Gasteiger partial charge in [-0.25, -0.2) is 13.8 Å². The summed E-state index contributed by atoms with van der Waals surface area (Å²) >= 11 is 0.983. The van der Waals surface area contributed by atoms with E-state index < -0.39 is 45.8 Å². The van der Waals surface area contributed by atoms with Crippen molar-refractivity contribution in [1.82, 2.24) is 9.97 Å². The summed E-state index contributed by atoms with van der Waals surface area (Å²) in [5.74, 6) is -3.71. The standard InChI is InChI=1S/C13H6F5N3OS/c1-23-12-20-10(6(4-19)11(22)21-12)5-2-7(14)9(8(15)3-5)13(16,17)18/h2-3H,1H3,(H,20,21,22). The quantitative estimate of drug-likeness (QED) is 0.514. The fraction of sp³-hybridized carbons (Fsp3) is 0.154. The van der Waals surface area contributed by atoms with E-state index in [1.807, 2.05) is 0 Å². The van der Waals surface area contributed by atoms with Gasteiger partial charge in [-0.2, -0.15) is 18.4 Å². The first kappa shape index (κ1) is 17.0. The average Bonchev–Trinajstić information content (AvgIpc) is 2.43. The first-order valence-electron chi connectivity index (χ1n) is 5.84. The molecule has 1 aromatic heterocycles. The van der Waals surface area contributed by atoms with Gasteiger partial charge in [0, 0.05) is 5.56 Å². The van der Waals surface area contributed by atoms with Gasteiger partial charge in [-0.1, -0.05) is 11.8 Å². The molecule has 0 amide bonds. The molecule has 10 heteroatoms. The maximum atomic E-state index is 13.6. The summed E-state index contributed by atoms with van der Waals surface area (Å²) in [5, 5.41) is 9.01. The zero-order valence-corrected chi connectivity index (χ0v) is 12.1. The second kappa shape index (κ2) is 6.00. The second-order valence-electron chi connectivity index (χ2n) is 4.22. The zero-order chi connectivity index (χ0) is 17.4. The molecule has 0 fully saturated rings. The number of hydrogen-bond donors (Lipinski definition) is 1. The lowest BCUT2D eigenvalue weighted by atomic mass is 10.0. The molecule has 120 valence electrons. The Labute approximate surface area is 130 Å². The number of halogens is 5. The molecule has 2 rings (SSSR count). The molecule has 0 bridgehead atoms. The molecule has 1 heterocycles. The fourth-order valence-corrected chi connectivity index (χ4v) is 2.22. The number of rotatable bonds is 2. The van der Waals surface area contributed by atoms with Gasteiger partial charge in [0.15, 0.2) is 5.16 Å². The van der Waals surface area contributed by atoms with Gasteiger partial charge in [0.2, 0.25) is 0 Å². The van der Waals surface area contributed by atoms with Crippen molar-refractivity contribution in [1.29, 1.82) is 5.26 Å². The number of nitriles is 1. The van der Waals surface area contributed by atoms with E-state index in [1.165, 1.54) is 6.07 Å². The number of aromatic nitrogens is 2. The van der Waals surface area contributed by atoms with Gasteiger partial charge < -0.3 is 4.98 Å². The van der Waals surface area contributed by atoms with Crippen LogP contribution in [-0.2, 0) is 6.18 Å². The Morgan fingerprint density at radius 3 is 2.26 bits per heavy atom. The number of benzene rings is 1. The zero-order valence-electron chi connectivity index (χ0n) is 11.3. The van der Waals surface area contributed by atoms with Crippen LogP contribution in [0.4, 0.5) is 22.0 Å². The van der Waals surface area contributed by atoms with Crippen molar-refractivity contribution in [3.63, 3.8) is 0 Å². The van der Waals surface area contributed by atoms with E-state index in [9.17, 15) is 26.7 Å². The van der Waals surface area contributed by atoms with Crippen LogP contribution in [0.2, 0.25) is 0 Å². The van der Waals surface area contributed by atoms with Gasteiger partial charge in [-0.15, -0.1) is 0 Å². The van der Waals surface area contributed by atoms with E-state index in [2.05, 4.69) is 9.97 Å². The molecule has 0 saturated carbocycles. The molecule has 0 spiro atoms. The number of hydrogen-bond acceptors (Lipinski definition) is 4. The Morgan fingerprint density at radius 1 is 1.26 bits per heavy atom. The van der Waals surface area contributed by atoms with E-state index in [0.717, 1.165) is 11.8 Å². The van der Waals surface area contributed by atoms with Crippen LogP contribution in [0, 0.1) is 23.0 Å². The SMILES string of the molecule is CSc1nc(-c2cc(F)c(C(F)(F)F)c(F)c2)c(C#N)c(=O)[nH]1. The highest BCUT2D eigenvalue weighted by Crippen LogP contribution is 2.35. The lowest BCUT2D eigenvalue weighted by Gasteiger charge is -2.11. The summed E-state index contributed by atoms with van der Waals surface area (Å²) in [4.78, 5) is 17.8. The van der Waals surface area contributed by atoms with Crippen molar-refractivity contribution in [3.05, 3.63) is 45.2 Å². The molecule has 0 aliphatic rings. The molecule has 1 aromatic carbocycles. The van der Waals surface area contributed by atoms with Crippen molar-refractivity contribution in [2.24, 2.45) is 0 Å². The summed E-state index contributed by atoms with van der Waals surface area (Å²) in [6.45, 7) is 0. The van der Waals surface area contributed by atoms with Crippen molar-refractivity contribution < 1.29 is 22.0 Å². The molecular formula is C13H6F5N3OS. The topological polar surface area (TPSA) is 69.5 Å². The first-order valence-corrected chi connectivity index (χ1v) is 7.06. The van der Waals surface area contributed by atoms with Gasteiger partial charge >= 0.3 is 6.18 Å². The van der Waals surface area contributed by atoms with Crippen LogP contribution in [0.5, 0.6) is 0 Å². The largest absolute Gasteiger partial charge is 0.422 e. The molecular weight excluding hydrogens is 341 g/mol. The highest BCUT2D eigenvalue weighted by atomic mass is 32.2. The van der Waals surface area contributed by atoms with E-state index in [4.69, 9.17) is 5.26 Å². The molecule has 1 N–H and O–H groups in total. The van der Waals surface area contributed by atoms with E-state index in [-0.39, 0.29) is 5.16 Å². The van der Waals surface area contributed by atoms with Crippen LogP contribution in [-0.4, -0.2) is 16.2 Å². The molecule has 0 saturated heterocycles. The van der Waals surface area contributed by atoms with Crippen LogP contribution >= 0.6 is 11.8 Å². The van der Waals surface area contributed by atoms with E-state index >= 15 is 0 Å². The van der Waals surface area contributed by atoms with E-state index in [1.54, 1.807) is 6.26 Å². The molecule has 0 radical (unpaired) electrons. The monoisotopic (exact) mass is 347 g/mol. The predicted molar refractivity (Wildman–Crippen MR) is 71.7 cm³/mol. The smallest absolute Gasteiger partial charge is 0.300 e. The lowest BCUT2D eigenvalue weighted by Crippen LogP contribution is -2.15.